The number of nitrogens with zero attached hydrogens (tertiary/aromatic N) is 4. The Bertz CT molecular complexity index is 4420. The lowest BCUT2D eigenvalue weighted by molar-refractivity contribution is 0.591. The van der Waals surface area contributed by atoms with Crippen molar-refractivity contribution < 1.29 is 34.6 Å². The van der Waals surface area contributed by atoms with Crippen molar-refractivity contribution >= 4 is 101 Å². The lowest BCUT2D eigenvalue weighted by Crippen LogP contribution is -2.62. The summed E-state index contributed by atoms with van der Waals surface area (Å²) in [7, 11) is 0. The standard InChI is InChI=1S/C47H31BN4O/c1-47(2,3)28-18-20-37-35(24-28)48-34-13-9-16-39-46(34)52(38-15-8-12-32-30-10-4-6-14-36(30)51(39)45(32)38)41-23-27(26-49)22-40(44(41)48)50(37)29-19-21-43-33(25-29)31-11-5-7-17-42(31)53-43/h4-25H,1-3H3/i4D,5D,6D,7D,8D,9D,10D,11D,12D,13D,14D,15D,16D,17D,18D,19D,20D,21D,22D,23D,24D,25D. The molecule has 0 bridgehead atoms. The fourth-order valence-electron chi connectivity index (χ4n) is 7.82. The highest BCUT2D eigenvalue weighted by Crippen LogP contribution is 2.52. The lowest BCUT2D eigenvalue weighted by Gasteiger charge is -2.46. The minimum Gasteiger partial charge on any atom is -0.456 e. The maximum Gasteiger partial charge on any atom is 0.252 e. The van der Waals surface area contributed by atoms with Crippen LogP contribution < -0.4 is 26.2 Å². The average molecular weight is 701 g/mol. The number of fused-ring (bicyclic) bond motifs is 12. The van der Waals surface area contributed by atoms with Gasteiger partial charge in [-0.05, 0) is 87.8 Å². The van der Waals surface area contributed by atoms with Crippen molar-refractivity contribution in [2.75, 3.05) is 9.80 Å². The number of anilines is 6. The minimum atomic E-state index is -1.72. The highest BCUT2D eigenvalue weighted by atomic mass is 16.3. The van der Waals surface area contributed by atoms with Gasteiger partial charge in [-0.1, -0.05) is 93.3 Å². The van der Waals surface area contributed by atoms with Gasteiger partial charge in [0.25, 0.3) is 6.71 Å². The number of hydrogen-bond acceptors (Lipinski definition) is 4. The monoisotopic (exact) mass is 700 g/mol. The first kappa shape index (κ1) is 15.1. The highest BCUT2D eigenvalue weighted by molar-refractivity contribution is 7.00. The van der Waals surface area contributed by atoms with Gasteiger partial charge in [-0.25, -0.2) is 0 Å². The molecule has 5 heterocycles. The smallest absolute Gasteiger partial charge is 0.252 e. The first-order valence-electron chi connectivity index (χ1n) is 27.5. The molecule has 5 nitrogen and oxygen atoms in total. The summed E-state index contributed by atoms with van der Waals surface area (Å²) in [6.07, 6.45) is 0. The SMILES string of the molecule is [2H]c1c([2H])c2c3c(c1[2H])-n1c4c([2H])c([2H])c([2H])c([2H])c4c4c([2H])c([2H])c([2H])c(c41)N3c1c([2H])c(C#N)c([2H])c3c1B2c1c([2H])c(C(C)(C)C)c([2H])c([2H])c1N3c1c([2H])c([2H])c2oc3c([2H])c([2H])c([2H])c([2H])c3c2c1[2H]. The zero-order valence-electron chi connectivity index (χ0n) is 49.8. The molecule has 0 aliphatic carbocycles. The average Bonchev–Trinajstić information content (AvgIpc) is 3.98. The summed E-state index contributed by atoms with van der Waals surface area (Å²) in [5.41, 5.74) is -7.47. The first-order chi connectivity index (χ1) is 35.1. The molecule has 0 saturated carbocycles. The first-order valence-corrected chi connectivity index (χ1v) is 16.5. The van der Waals surface area contributed by atoms with Gasteiger partial charge in [-0.15, -0.1) is 0 Å². The van der Waals surface area contributed by atoms with E-state index in [1.165, 1.54) is 0 Å². The van der Waals surface area contributed by atoms with Gasteiger partial charge in [0.2, 0.25) is 0 Å². The third-order valence-electron chi connectivity index (χ3n) is 10.0. The summed E-state index contributed by atoms with van der Waals surface area (Å²) in [6, 6.07) is -13.8. The van der Waals surface area contributed by atoms with E-state index < -0.39 is 196 Å². The van der Waals surface area contributed by atoms with E-state index in [2.05, 4.69) is 0 Å². The van der Waals surface area contributed by atoms with Crippen molar-refractivity contribution in [3.63, 3.8) is 0 Å². The van der Waals surface area contributed by atoms with Gasteiger partial charge in [0.1, 0.15) is 11.2 Å². The summed E-state index contributed by atoms with van der Waals surface area (Å²) in [4.78, 5) is 2.10. The Morgan fingerprint density at radius 2 is 1.36 bits per heavy atom. The predicted octanol–water partition coefficient (Wildman–Crippen LogP) is 10.2. The number of hydrogen-bond donors (Lipinski definition) is 0. The molecular weight excluding hydrogens is 647 g/mol. The Kier molecular flexibility index (Phi) is 2.79. The van der Waals surface area contributed by atoms with Crippen LogP contribution in [0.4, 0.5) is 34.1 Å². The zero-order chi connectivity index (χ0) is 54.5. The Hall–Kier alpha value is -6.71. The van der Waals surface area contributed by atoms with Crippen LogP contribution in [0.5, 0.6) is 0 Å². The molecule has 0 saturated heterocycles. The Morgan fingerprint density at radius 3 is 2.21 bits per heavy atom. The van der Waals surface area contributed by atoms with E-state index in [0.29, 0.717) is 0 Å². The molecule has 0 amide bonds. The van der Waals surface area contributed by atoms with E-state index >= 15 is 0 Å². The van der Waals surface area contributed by atoms with Gasteiger partial charge in [-0.3, -0.25) is 0 Å². The molecule has 0 unspecified atom stereocenters. The summed E-state index contributed by atoms with van der Waals surface area (Å²) in [5, 5.41) is 9.67. The van der Waals surface area contributed by atoms with Gasteiger partial charge in [0.05, 0.1) is 69.9 Å². The highest BCUT2D eigenvalue weighted by Gasteiger charge is 2.46. The normalized spacial score (nSPS) is 19.6. The molecule has 3 aliphatic heterocycles. The van der Waals surface area contributed by atoms with Crippen LogP contribution in [0.3, 0.4) is 0 Å². The van der Waals surface area contributed by atoms with Gasteiger partial charge in [0, 0.05) is 44.3 Å². The second-order valence-electron chi connectivity index (χ2n) is 13.9. The fourth-order valence-corrected chi connectivity index (χ4v) is 7.82. The third kappa shape index (κ3) is 3.61. The molecule has 6 heteroatoms. The number of aromatic nitrogens is 1. The number of para-hydroxylation sites is 4. The van der Waals surface area contributed by atoms with Crippen LogP contribution in [0.2, 0.25) is 0 Å². The fraction of sp³-hybridized carbons (Fsp3) is 0.0851. The summed E-state index contributed by atoms with van der Waals surface area (Å²) in [6.45, 7) is 3.27. The van der Waals surface area contributed by atoms with Crippen LogP contribution in [0.1, 0.15) is 62.1 Å². The maximum atomic E-state index is 11.0. The van der Waals surface area contributed by atoms with Crippen molar-refractivity contribution in [2.45, 2.75) is 26.2 Å². The molecule has 2 aromatic heterocycles. The van der Waals surface area contributed by atoms with Crippen LogP contribution >= 0.6 is 0 Å². The molecule has 0 fully saturated rings. The van der Waals surface area contributed by atoms with E-state index in [4.69, 9.17) is 14.0 Å². The van der Waals surface area contributed by atoms with Crippen LogP contribution in [0.15, 0.2) is 137 Å². The number of rotatable bonds is 1. The molecule has 248 valence electrons. The molecule has 9 aromatic rings. The predicted molar refractivity (Wildman–Crippen MR) is 219 cm³/mol. The molecular formula is C47H31BN4O. The van der Waals surface area contributed by atoms with E-state index in [1.807, 2.05) is 6.07 Å². The zero-order valence-corrected chi connectivity index (χ0v) is 27.8. The largest absolute Gasteiger partial charge is 0.456 e. The van der Waals surface area contributed by atoms with E-state index in [1.54, 1.807) is 20.8 Å². The molecule has 0 atom stereocenters. The molecule has 3 aliphatic rings. The van der Waals surface area contributed by atoms with Crippen molar-refractivity contribution in [3.8, 4) is 11.8 Å². The second-order valence-corrected chi connectivity index (χ2v) is 13.9. The van der Waals surface area contributed by atoms with E-state index in [-0.39, 0.29) is 60.5 Å². The Labute approximate surface area is 337 Å². The van der Waals surface area contributed by atoms with Crippen LogP contribution in [0.25, 0.3) is 49.4 Å². The van der Waals surface area contributed by atoms with Crippen LogP contribution in [-0.2, 0) is 5.41 Å². The van der Waals surface area contributed by atoms with Crippen LogP contribution in [0, 0.1) is 11.3 Å². The molecule has 0 N–H and O–H groups in total. The third-order valence-corrected chi connectivity index (χ3v) is 10.0. The number of benzene rings is 7. The van der Waals surface area contributed by atoms with Gasteiger partial charge in [-0.2, -0.15) is 5.26 Å². The van der Waals surface area contributed by atoms with Gasteiger partial charge < -0.3 is 18.8 Å². The lowest BCUT2D eigenvalue weighted by atomic mass is 9.33. The number of furan rings is 1. The van der Waals surface area contributed by atoms with Gasteiger partial charge >= 0.3 is 0 Å². The summed E-state index contributed by atoms with van der Waals surface area (Å²) >= 11 is 0. The molecule has 53 heavy (non-hydrogen) atoms. The second kappa shape index (κ2) is 9.79. The topological polar surface area (TPSA) is 48.3 Å². The van der Waals surface area contributed by atoms with Crippen molar-refractivity contribution in [1.29, 1.82) is 5.26 Å². The molecule has 7 aromatic carbocycles. The van der Waals surface area contributed by atoms with E-state index in [9.17, 15) is 25.8 Å². The van der Waals surface area contributed by atoms with Crippen molar-refractivity contribution in [2.24, 2.45) is 0 Å². The molecule has 12 rings (SSSR count). The maximum absolute atomic E-state index is 11.0. The summed E-state index contributed by atoms with van der Waals surface area (Å²) < 4.78 is 213. The Balaban J connectivity index is 1.38. The van der Waals surface area contributed by atoms with Gasteiger partial charge in [0.15, 0.2) is 0 Å². The number of nitriles is 1. The quantitative estimate of drug-likeness (QED) is 0.160. The van der Waals surface area contributed by atoms with Crippen molar-refractivity contribution in [3.05, 3.63) is 144 Å². The molecule has 0 radical (unpaired) electrons. The van der Waals surface area contributed by atoms with Crippen molar-refractivity contribution in [1.82, 2.24) is 4.57 Å². The van der Waals surface area contributed by atoms with Crippen LogP contribution in [-0.4, -0.2) is 11.3 Å². The van der Waals surface area contributed by atoms with E-state index in [0.717, 1.165) is 14.4 Å². The summed E-state index contributed by atoms with van der Waals surface area (Å²) in [5.74, 6) is 0. The minimum absolute atomic E-state index is 0.0477. The molecule has 0 spiro atoms. The Morgan fingerprint density at radius 1 is 0.623 bits per heavy atom.